The number of hydrogen-bond donors (Lipinski definition) is 2. The van der Waals surface area contributed by atoms with Gasteiger partial charge in [0.25, 0.3) is 0 Å². The van der Waals surface area contributed by atoms with Gasteiger partial charge in [-0.25, -0.2) is 0 Å². The third-order valence-electron chi connectivity index (χ3n) is 2.77. The Hall–Kier alpha value is -1.36. The van der Waals surface area contributed by atoms with Crippen molar-refractivity contribution in [2.75, 3.05) is 0 Å². The Kier molecular flexibility index (Phi) is 2.96. The van der Waals surface area contributed by atoms with E-state index in [0.717, 1.165) is 4.88 Å². The minimum absolute atomic E-state index is 0.0393. The first-order chi connectivity index (χ1) is 7.59. The van der Waals surface area contributed by atoms with Crippen LogP contribution in [0.15, 0.2) is 17.5 Å². The summed E-state index contributed by atoms with van der Waals surface area (Å²) in [5.74, 6) is -1.83. The van der Waals surface area contributed by atoms with E-state index in [-0.39, 0.29) is 17.9 Å². The molecule has 16 heavy (non-hydrogen) atoms. The quantitative estimate of drug-likeness (QED) is 0.839. The number of carboxylic acids is 1. The van der Waals surface area contributed by atoms with Crippen molar-refractivity contribution in [1.82, 2.24) is 5.32 Å². The molecule has 0 aromatic carbocycles. The fourth-order valence-electron chi connectivity index (χ4n) is 1.69. The molecule has 0 saturated heterocycles. The van der Waals surface area contributed by atoms with Gasteiger partial charge in [-0.1, -0.05) is 6.07 Å². The zero-order chi connectivity index (χ0) is 11.7. The molecule has 0 radical (unpaired) electrons. The second-order valence-corrected chi connectivity index (χ2v) is 5.01. The van der Waals surface area contributed by atoms with E-state index >= 15 is 0 Å². The molecule has 2 N–H and O–H groups in total. The zero-order valence-electron chi connectivity index (χ0n) is 8.84. The number of hydrogen-bond acceptors (Lipinski definition) is 3. The van der Waals surface area contributed by atoms with E-state index in [4.69, 9.17) is 5.11 Å². The average molecular weight is 239 g/mol. The highest BCUT2D eigenvalue weighted by atomic mass is 32.1. The smallest absolute Gasteiger partial charge is 0.307 e. The number of carboxylic acid groups (broad SMARTS) is 1. The summed E-state index contributed by atoms with van der Waals surface area (Å²) in [4.78, 5) is 23.4. The molecule has 1 aliphatic rings. The van der Waals surface area contributed by atoms with Crippen LogP contribution in [-0.2, 0) is 9.59 Å². The average Bonchev–Trinajstić information content (AvgIpc) is 2.85. The van der Waals surface area contributed by atoms with E-state index in [1.807, 2.05) is 24.4 Å². The van der Waals surface area contributed by atoms with E-state index in [1.165, 1.54) is 0 Å². The lowest BCUT2D eigenvalue weighted by molar-refractivity contribution is -0.140. The van der Waals surface area contributed by atoms with Crippen LogP contribution in [0.2, 0.25) is 0 Å². The molecular weight excluding hydrogens is 226 g/mol. The second kappa shape index (κ2) is 4.25. The highest BCUT2D eigenvalue weighted by Crippen LogP contribution is 2.39. The summed E-state index contributed by atoms with van der Waals surface area (Å²) in [7, 11) is 0. The molecule has 1 saturated carbocycles. The van der Waals surface area contributed by atoms with Crippen molar-refractivity contribution >= 4 is 23.2 Å². The van der Waals surface area contributed by atoms with Crippen LogP contribution >= 0.6 is 11.3 Å². The predicted molar refractivity (Wildman–Crippen MR) is 60.1 cm³/mol. The van der Waals surface area contributed by atoms with Crippen LogP contribution in [0.1, 0.15) is 24.3 Å². The normalized spacial score (nSPS) is 24.8. The lowest BCUT2D eigenvalue weighted by atomic mass is 10.2. The fourth-order valence-corrected chi connectivity index (χ4v) is 2.42. The van der Waals surface area contributed by atoms with Crippen LogP contribution in [0.5, 0.6) is 0 Å². The van der Waals surface area contributed by atoms with Crippen molar-refractivity contribution in [1.29, 1.82) is 0 Å². The summed E-state index contributed by atoms with van der Waals surface area (Å²) >= 11 is 1.58. The van der Waals surface area contributed by atoms with Gasteiger partial charge in [0.15, 0.2) is 0 Å². The van der Waals surface area contributed by atoms with Crippen LogP contribution in [0.4, 0.5) is 0 Å². The van der Waals surface area contributed by atoms with Gasteiger partial charge in [-0.2, -0.15) is 0 Å². The van der Waals surface area contributed by atoms with E-state index in [0.29, 0.717) is 6.42 Å². The zero-order valence-corrected chi connectivity index (χ0v) is 9.66. The first-order valence-electron chi connectivity index (χ1n) is 5.16. The highest BCUT2D eigenvalue weighted by Gasteiger charge is 2.48. The molecular formula is C11H13NO3S. The molecule has 1 heterocycles. The Balaban J connectivity index is 1.87. The summed E-state index contributed by atoms with van der Waals surface area (Å²) in [6.07, 6.45) is 0.471. The lowest BCUT2D eigenvalue weighted by Gasteiger charge is -2.11. The third-order valence-corrected chi connectivity index (χ3v) is 3.83. The van der Waals surface area contributed by atoms with Gasteiger partial charge >= 0.3 is 5.97 Å². The van der Waals surface area contributed by atoms with Gasteiger partial charge in [-0.3, -0.25) is 9.59 Å². The maximum atomic E-state index is 11.7. The summed E-state index contributed by atoms with van der Waals surface area (Å²) in [6.45, 7) is 1.90. The van der Waals surface area contributed by atoms with Gasteiger partial charge in [0.2, 0.25) is 5.91 Å². The monoisotopic (exact) mass is 239 g/mol. The van der Waals surface area contributed by atoms with E-state index < -0.39 is 11.9 Å². The Labute approximate surface area is 97.3 Å². The van der Waals surface area contributed by atoms with Crippen molar-refractivity contribution in [3.63, 3.8) is 0 Å². The number of rotatable bonds is 4. The van der Waals surface area contributed by atoms with Gasteiger partial charge in [-0.15, -0.1) is 11.3 Å². The van der Waals surface area contributed by atoms with E-state index in [1.54, 1.807) is 11.3 Å². The van der Waals surface area contributed by atoms with Gasteiger partial charge in [0.1, 0.15) is 0 Å². The second-order valence-electron chi connectivity index (χ2n) is 4.03. The van der Waals surface area contributed by atoms with Crippen LogP contribution in [0.3, 0.4) is 0 Å². The molecule has 5 heteroatoms. The molecule has 2 rings (SSSR count). The molecule has 0 aliphatic heterocycles. The fraction of sp³-hybridized carbons (Fsp3) is 0.455. The minimum atomic E-state index is -0.871. The highest BCUT2D eigenvalue weighted by molar-refractivity contribution is 7.10. The molecule has 1 aromatic rings. The van der Waals surface area contributed by atoms with Crippen molar-refractivity contribution < 1.29 is 14.7 Å². The van der Waals surface area contributed by atoms with Crippen LogP contribution < -0.4 is 5.32 Å². The van der Waals surface area contributed by atoms with Gasteiger partial charge < -0.3 is 10.4 Å². The van der Waals surface area contributed by atoms with Crippen molar-refractivity contribution in [2.45, 2.75) is 19.4 Å². The topological polar surface area (TPSA) is 66.4 Å². The number of aliphatic carboxylic acids is 1. The Morgan fingerprint density at radius 3 is 2.81 bits per heavy atom. The standard InChI is InChI=1S/C11H13NO3S/c1-6(9-3-2-4-16-9)12-10(13)7-5-8(7)11(14)15/h2-4,6-8H,5H2,1H3,(H,12,13)(H,14,15)/t6-,7-,8+/m1/s1. The number of thiophene rings is 1. The van der Waals surface area contributed by atoms with Crippen molar-refractivity contribution in [3.05, 3.63) is 22.4 Å². The number of carbonyl (C=O) groups excluding carboxylic acids is 1. The number of carbonyl (C=O) groups is 2. The molecule has 86 valence electrons. The molecule has 1 aromatic heterocycles. The molecule has 1 aliphatic carbocycles. The predicted octanol–water partition coefficient (Wildman–Crippen LogP) is 1.65. The SMILES string of the molecule is C[C@@H](NC(=O)[C@@H]1C[C@@H]1C(=O)O)c1cccs1. The number of nitrogens with one attached hydrogen (secondary N) is 1. The Morgan fingerprint density at radius 2 is 2.31 bits per heavy atom. The molecule has 1 amide bonds. The first kappa shape index (κ1) is 11.1. The van der Waals surface area contributed by atoms with Crippen molar-refractivity contribution in [3.8, 4) is 0 Å². The van der Waals surface area contributed by atoms with Gasteiger partial charge in [0, 0.05) is 4.88 Å². The maximum Gasteiger partial charge on any atom is 0.307 e. The third kappa shape index (κ3) is 2.24. The van der Waals surface area contributed by atoms with Gasteiger partial charge in [0.05, 0.1) is 17.9 Å². The summed E-state index contributed by atoms with van der Waals surface area (Å²) < 4.78 is 0. The molecule has 0 bridgehead atoms. The van der Waals surface area contributed by atoms with E-state index in [2.05, 4.69) is 5.32 Å². The molecule has 0 spiro atoms. The number of amides is 1. The van der Waals surface area contributed by atoms with Crippen LogP contribution in [0, 0.1) is 11.8 Å². The molecule has 1 fully saturated rings. The minimum Gasteiger partial charge on any atom is -0.481 e. The van der Waals surface area contributed by atoms with Crippen LogP contribution in [0.25, 0.3) is 0 Å². The van der Waals surface area contributed by atoms with Gasteiger partial charge in [-0.05, 0) is 24.8 Å². The maximum absolute atomic E-state index is 11.7. The summed E-state index contributed by atoms with van der Waals surface area (Å²) in [5.41, 5.74) is 0. The molecule has 0 unspecified atom stereocenters. The Bertz CT molecular complexity index is 401. The summed E-state index contributed by atoms with van der Waals surface area (Å²) in [6, 6.07) is 3.85. The van der Waals surface area contributed by atoms with E-state index in [9.17, 15) is 9.59 Å². The largest absolute Gasteiger partial charge is 0.481 e. The summed E-state index contributed by atoms with van der Waals surface area (Å²) in [5, 5.41) is 13.5. The van der Waals surface area contributed by atoms with Crippen molar-refractivity contribution in [2.24, 2.45) is 11.8 Å². The first-order valence-corrected chi connectivity index (χ1v) is 6.04. The Morgan fingerprint density at radius 1 is 1.56 bits per heavy atom. The molecule has 4 nitrogen and oxygen atoms in total. The van der Waals surface area contributed by atoms with Crippen LogP contribution in [-0.4, -0.2) is 17.0 Å². The lowest BCUT2D eigenvalue weighted by Crippen LogP contribution is -2.28. The molecule has 3 atom stereocenters.